The minimum atomic E-state index is -3.79. The van der Waals surface area contributed by atoms with Gasteiger partial charge < -0.3 is 5.32 Å². The van der Waals surface area contributed by atoms with Crippen molar-refractivity contribution >= 4 is 10.1 Å². The summed E-state index contributed by atoms with van der Waals surface area (Å²) < 4.78 is 29.3. The van der Waals surface area contributed by atoms with Gasteiger partial charge in [0, 0.05) is 6.04 Å². The van der Waals surface area contributed by atoms with Crippen molar-refractivity contribution in [2.75, 3.05) is 12.3 Å². The molecule has 0 aliphatic carbocycles. The summed E-state index contributed by atoms with van der Waals surface area (Å²) in [6.07, 6.45) is 2.99. The lowest BCUT2D eigenvalue weighted by Gasteiger charge is -2.21. The molecule has 11 heavy (non-hydrogen) atoms. The van der Waals surface area contributed by atoms with Crippen molar-refractivity contribution in [1.29, 1.82) is 0 Å². The van der Waals surface area contributed by atoms with Crippen LogP contribution in [0.4, 0.5) is 0 Å². The molecule has 4 nitrogen and oxygen atoms in total. The molecule has 0 radical (unpaired) electrons. The van der Waals surface area contributed by atoms with Crippen molar-refractivity contribution in [1.82, 2.24) is 5.32 Å². The van der Waals surface area contributed by atoms with Gasteiger partial charge in [-0.2, -0.15) is 8.42 Å². The summed E-state index contributed by atoms with van der Waals surface area (Å²) in [6, 6.07) is -0.0428. The Kier molecular flexibility index (Phi) is 2.86. The van der Waals surface area contributed by atoms with Crippen LogP contribution in [0.1, 0.15) is 19.3 Å². The molecule has 2 N–H and O–H groups in total. The Bertz CT molecular complexity index is 206. The van der Waals surface area contributed by atoms with E-state index in [9.17, 15) is 8.42 Å². The van der Waals surface area contributed by atoms with Crippen LogP contribution in [-0.4, -0.2) is 31.3 Å². The molecule has 0 spiro atoms. The van der Waals surface area contributed by atoms with Gasteiger partial charge in [0.05, 0.1) is 5.75 Å². The van der Waals surface area contributed by atoms with Crippen LogP contribution in [0.5, 0.6) is 0 Å². The zero-order valence-corrected chi connectivity index (χ0v) is 7.10. The van der Waals surface area contributed by atoms with E-state index in [0.717, 1.165) is 25.8 Å². The highest BCUT2D eigenvalue weighted by atomic mass is 32.2. The molecule has 1 heterocycles. The van der Waals surface area contributed by atoms with Gasteiger partial charge in [-0.3, -0.25) is 4.55 Å². The number of nitrogens with one attached hydrogen (secondary N) is 1. The highest BCUT2D eigenvalue weighted by Gasteiger charge is 2.18. The Labute approximate surface area is 66.7 Å². The lowest BCUT2D eigenvalue weighted by Crippen LogP contribution is -2.39. The van der Waals surface area contributed by atoms with E-state index < -0.39 is 10.1 Å². The van der Waals surface area contributed by atoms with Crippen molar-refractivity contribution in [3.8, 4) is 0 Å². The van der Waals surface area contributed by atoms with Gasteiger partial charge >= 0.3 is 0 Å². The van der Waals surface area contributed by atoms with Crippen LogP contribution >= 0.6 is 0 Å². The summed E-state index contributed by atoms with van der Waals surface area (Å²) in [5, 5.41) is 3.04. The van der Waals surface area contributed by atoms with E-state index in [1.165, 1.54) is 0 Å². The van der Waals surface area contributed by atoms with Gasteiger partial charge in [-0.25, -0.2) is 0 Å². The van der Waals surface area contributed by atoms with Crippen LogP contribution in [0.2, 0.25) is 0 Å². The molecule has 66 valence electrons. The predicted molar refractivity (Wildman–Crippen MR) is 42.1 cm³/mol. The average molecular weight is 179 g/mol. The second-order valence-electron chi connectivity index (χ2n) is 2.90. The molecule has 5 heteroatoms. The van der Waals surface area contributed by atoms with Crippen molar-refractivity contribution in [3.05, 3.63) is 0 Å². The average Bonchev–Trinajstić information content (AvgIpc) is 1.85. The van der Waals surface area contributed by atoms with Crippen LogP contribution in [0.15, 0.2) is 0 Å². The van der Waals surface area contributed by atoms with Gasteiger partial charge in [-0.05, 0) is 19.4 Å². The third-order valence-corrected chi connectivity index (χ3v) is 2.65. The Hall–Kier alpha value is -0.130. The summed E-state index contributed by atoms with van der Waals surface area (Å²) in [7, 11) is -3.79. The molecule has 1 aliphatic heterocycles. The standard InChI is InChI=1S/C6H13NO3S/c8-11(9,10)5-6-3-1-2-4-7-6/h6-7H,1-5H2,(H,8,9,10)/t6-/m1/s1. The summed E-state index contributed by atoms with van der Waals surface area (Å²) >= 11 is 0. The molecular weight excluding hydrogens is 166 g/mol. The smallest absolute Gasteiger partial charge is 0.266 e. The van der Waals surface area contributed by atoms with E-state index in [0.29, 0.717) is 0 Å². The van der Waals surface area contributed by atoms with Gasteiger partial charge in [0.2, 0.25) is 0 Å². The van der Waals surface area contributed by atoms with E-state index >= 15 is 0 Å². The minimum absolute atomic E-state index is 0.0428. The second kappa shape index (κ2) is 3.51. The Morgan fingerprint density at radius 1 is 1.45 bits per heavy atom. The monoisotopic (exact) mass is 179 g/mol. The van der Waals surface area contributed by atoms with Gasteiger partial charge in [0.15, 0.2) is 0 Å². The fourth-order valence-corrected chi connectivity index (χ4v) is 2.11. The zero-order chi connectivity index (χ0) is 8.32. The molecule has 0 saturated carbocycles. The summed E-state index contributed by atoms with van der Waals surface area (Å²) in [6.45, 7) is 0.861. The first-order valence-corrected chi connectivity index (χ1v) is 5.37. The van der Waals surface area contributed by atoms with Crippen molar-refractivity contribution < 1.29 is 13.0 Å². The first kappa shape index (κ1) is 8.96. The van der Waals surface area contributed by atoms with Gasteiger partial charge in [0.25, 0.3) is 10.1 Å². The van der Waals surface area contributed by atoms with E-state index in [4.69, 9.17) is 4.55 Å². The SMILES string of the molecule is O=S(=O)(O)C[C@H]1CCCCN1. The summed E-state index contributed by atoms with van der Waals surface area (Å²) in [5.74, 6) is -0.146. The van der Waals surface area contributed by atoms with Gasteiger partial charge in [-0.1, -0.05) is 6.42 Å². The number of rotatable bonds is 2. The first-order valence-electron chi connectivity index (χ1n) is 3.76. The lowest BCUT2D eigenvalue weighted by atomic mass is 10.1. The maximum atomic E-state index is 10.4. The predicted octanol–water partition coefficient (Wildman–Crippen LogP) is 0.0163. The van der Waals surface area contributed by atoms with Crippen LogP contribution < -0.4 is 5.32 Å². The molecule has 1 fully saturated rings. The van der Waals surface area contributed by atoms with E-state index in [1.807, 2.05) is 0 Å². The van der Waals surface area contributed by atoms with Crippen LogP contribution in [0.3, 0.4) is 0 Å². The van der Waals surface area contributed by atoms with Crippen molar-refractivity contribution in [2.45, 2.75) is 25.3 Å². The normalized spacial score (nSPS) is 26.8. The Morgan fingerprint density at radius 3 is 2.64 bits per heavy atom. The summed E-state index contributed by atoms with van der Waals surface area (Å²) in [4.78, 5) is 0. The maximum absolute atomic E-state index is 10.4. The molecular formula is C6H13NO3S. The van der Waals surface area contributed by atoms with Crippen molar-refractivity contribution in [2.24, 2.45) is 0 Å². The van der Waals surface area contributed by atoms with Gasteiger partial charge in [0.1, 0.15) is 0 Å². The topological polar surface area (TPSA) is 66.4 Å². The highest BCUT2D eigenvalue weighted by Crippen LogP contribution is 2.07. The fourth-order valence-electron chi connectivity index (χ4n) is 1.32. The number of piperidine rings is 1. The molecule has 0 aromatic carbocycles. The van der Waals surface area contributed by atoms with E-state index in [2.05, 4.69) is 5.32 Å². The Morgan fingerprint density at radius 2 is 2.18 bits per heavy atom. The minimum Gasteiger partial charge on any atom is -0.313 e. The van der Waals surface area contributed by atoms with Crippen LogP contribution in [0.25, 0.3) is 0 Å². The van der Waals surface area contributed by atoms with E-state index in [1.54, 1.807) is 0 Å². The van der Waals surface area contributed by atoms with Crippen molar-refractivity contribution in [3.63, 3.8) is 0 Å². The molecule has 0 bridgehead atoms. The zero-order valence-electron chi connectivity index (χ0n) is 6.28. The molecule has 1 aliphatic rings. The van der Waals surface area contributed by atoms with Crippen LogP contribution in [0, 0.1) is 0 Å². The molecule has 1 atom stereocenters. The molecule has 0 aromatic rings. The number of hydrogen-bond donors (Lipinski definition) is 2. The molecule has 0 amide bonds. The fraction of sp³-hybridized carbons (Fsp3) is 1.00. The molecule has 0 unspecified atom stereocenters. The first-order chi connectivity index (χ1) is 5.08. The molecule has 0 aromatic heterocycles. The lowest BCUT2D eigenvalue weighted by molar-refractivity contribution is 0.408. The summed E-state index contributed by atoms with van der Waals surface area (Å²) in [5.41, 5.74) is 0. The van der Waals surface area contributed by atoms with E-state index in [-0.39, 0.29) is 11.8 Å². The quantitative estimate of drug-likeness (QED) is 0.586. The second-order valence-corrected chi connectivity index (χ2v) is 4.39. The maximum Gasteiger partial charge on any atom is 0.266 e. The molecule has 1 saturated heterocycles. The third kappa shape index (κ3) is 3.69. The van der Waals surface area contributed by atoms with Crippen LogP contribution in [-0.2, 0) is 10.1 Å². The van der Waals surface area contributed by atoms with Gasteiger partial charge in [-0.15, -0.1) is 0 Å². The Balaban J connectivity index is 2.36. The number of hydrogen-bond acceptors (Lipinski definition) is 3. The third-order valence-electron chi connectivity index (χ3n) is 1.82. The molecule has 1 rings (SSSR count). The highest BCUT2D eigenvalue weighted by molar-refractivity contribution is 7.85. The largest absolute Gasteiger partial charge is 0.313 e.